The van der Waals surface area contributed by atoms with E-state index in [0.29, 0.717) is 5.75 Å². The minimum Gasteiger partial charge on any atom is -0.496 e. The highest BCUT2D eigenvalue weighted by molar-refractivity contribution is 7.88. The fraction of sp³-hybridized carbons (Fsp3) is 0.316. The summed E-state index contributed by atoms with van der Waals surface area (Å²) in [5.41, 5.74) is 2.71. The van der Waals surface area contributed by atoms with Gasteiger partial charge >= 0.3 is 0 Å². The Balaban J connectivity index is 2.02. The molecule has 0 heterocycles. The smallest absolute Gasteiger partial charge is 0.235 e. The molecule has 7 heteroatoms. The topological polar surface area (TPSA) is 75.7 Å². The molecule has 0 fully saturated rings. The fourth-order valence-electron chi connectivity index (χ4n) is 2.56. The van der Waals surface area contributed by atoms with Crippen molar-refractivity contribution in [2.24, 2.45) is 0 Å². The standard InChI is InChI=1S/C19H24N2O4S/c1-15-7-6-8-16(11-15)13-21(26(3,23)24)14-19(22)20-12-17-9-4-5-10-18(17)25-2/h4-11H,12-14H2,1-3H3,(H,20,22). The van der Waals surface area contributed by atoms with E-state index in [1.807, 2.05) is 55.5 Å². The van der Waals surface area contributed by atoms with Crippen LogP contribution in [-0.4, -0.2) is 38.5 Å². The summed E-state index contributed by atoms with van der Waals surface area (Å²) in [5.74, 6) is 0.307. The molecule has 140 valence electrons. The first-order valence-corrected chi connectivity index (χ1v) is 10.0. The van der Waals surface area contributed by atoms with Gasteiger partial charge in [-0.25, -0.2) is 8.42 Å². The summed E-state index contributed by atoms with van der Waals surface area (Å²) >= 11 is 0. The summed E-state index contributed by atoms with van der Waals surface area (Å²) in [5, 5.41) is 2.75. The summed E-state index contributed by atoms with van der Waals surface area (Å²) in [7, 11) is -1.96. The minimum absolute atomic E-state index is 0.155. The first-order valence-electron chi connectivity index (χ1n) is 8.19. The second-order valence-electron chi connectivity index (χ2n) is 6.11. The van der Waals surface area contributed by atoms with E-state index in [4.69, 9.17) is 4.74 Å². The number of ether oxygens (including phenoxy) is 1. The molecule has 26 heavy (non-hydrogen) atoms. The number of sulfonamides is 1. The molecule has 1 N–H and O–H groups in total. The van der Waals surface area contributed by atoms with E-state index >= 15 is 0 Å². The number of para-hydroxylation sites is 1. The number of nitrogens with zero attached hydrogens (tertiary/aromatic N) is 1. The lowest BCUT2D eigenvalue weighted by molar-refractivity contribution is -0.121. The molecule has 0 bridgehead atoms. The van der Waals surface area contributed by atoms with Crippen molar-refractivity contribution in [2.75, 3.05) is 19.9 Å². The van der Waals surface area contributed by atoms with Gasteiger partial charge in [0.05, 0.1) is 19.9 Å². The molecule has 1 amide bonds. The molecular weight excluding hydrogens is 352 g/mol. The van der Waals surface area contributed by atoms with Gasteiger partial charge in [0.2, 0.25) is 15.9 Å². The largest absolute Gasteiger partial charge is 0.496 e. The molecule has 6 nitrogen and oxygen atoms in total. The Labute approximate surface area is 154 Å². The van der Waals surface area contributed by atoms with Crippen molar-refractivity contribution < 1.29 is 17.9 Å². The van der Waals surface area contributed by atoms with E-state index in [9.17, 15) is 13.2 Å². The number of hydrogen-bond donors (Lipinski definition) is 1. The maximum absolute atomic E-state index is 12.3. The second kappa shape index (κ2) is 8.82. The van der Waals surface area contributed by atoms with Crippen LogP contribution in [0, 0.1) is 6.92 Å². The van der Waals surface area contributed by atoms with Crippen molar-refractivity contribution in [3.05, 3.63) is 65.2 Å². The highest BCUT2D eigenvalue weighted by Gasteiger charge is 2.20. The Kier molecular flexibility index (Phi) is 6.76. The number of carbonyl (C=O) groups excluding carboxylic acids is 1. The zero-order valence-corrected chi connectivity index (χ0v) is 16.0. The number of amides is 1. The van der Waals surface area contributed by atoms with Gasteiger partial charge < -0.3 is 10.1 Å². The minimum atomic E-state index is -3.52. The number of carbonyl (C=O) groups is 1. The lowest BCUT2D eigenvalue weighted by Gasteiger charge is -2.20. The van der Waals surface area contributed by atoms with E-state index < -0.39 is 10.0 Å². The van der Waals surface area contributed by atoms with E-state index in [0.717, 1.165) is 22.9 Å². The predicted octanol–water partition coefficient (Wildman–Crippen LogP) is 2.08. The molecule has 0 aliphatic rings. The molecule has 0 unspecified atom stereocenters. The third-order valence-electron chi connectivity index (χ3n) is 3.90. The lowest BCUT2D eigenvalue weighted by atomic mass is 10.1. The molecule has 0 aliphatic carbocycles. The fourth-order valence-corrected chi connectivity index (χ4v) is 3.30. The van der Waals surface area contributed by atoms with Crippen LogP contribution in [0.5, 0.6) is 5.75 Å². The SMILES string of the molecule is COc1ccccc1CNC(=O)CN(Cc1cccc(C)c1)S(C)(=O)=O. The van der Waals surface area contributed by atoms with Crippen molar-refractivity contribution in [3.8, 4) is 5.75 Å². The second-order valence-corrected chi connectivity index (χ2v) is 8.09. The Morgan fingerprint density at radius 3 is 2.54 bits per heavy atom. The molecule has 0 saturated carbocycles. The predicted molar refractivity (Wildman–Crippen MR) is 101 cm³/mol. The highest BCUT2D eigenvalue weighted by atomic mass is 32.2. The number of rotatable bonds is 8. The van der Waals surface area contributed by atoms with E-state index in [-0.39, 0.29) is 25.5 Å². The first-order chi connectivity index (χ1) is 12.3. The van der Waals surface area contributed by atoms with Crippen molar-refractivity contribution in [3.63, 3.8) is 0 Å². The maximum Gasteiger partial charge on any atom is 0.235 e. The quantitative estimate of drug-likeness (QED) is 0.765. The average Bonchev–Trinajstić information content (AvgIpc) is 2.59. The van der Waals surface area contributed by atoms with Gasteiger partial charge in [-0.3, -0.25) is 4.79 Å². The molecule has 0 radical (unpaired) electrons. The maximum atomic E-state index is 12.3. The molecule has 0 aromatic heterocycles. The van der Waals surface area contributed by atoms with E-state index in [1.165, 1.54) is 4.31 Å². The molecule has 2 rings (SSSR count). The molecule has 0 spiro atoms. The van der Waals surface area contributed by atoms with Crippen LogP contribution in [0.1, 0.15) is 16.7 Å². The van der Waals surface area contributed by atoms with Crippen LogP contribution < -0.4 is 10.1 Å². The van der Waals surface area contributed by atoms with Crippen LogP contribution in [0.3, 0.4) is 0 Å². The van der Waals surface area contributed by atoms with Crippen molar-refractivity contribution in [1.29, 1.82) is 0 Å². The normalized spacial score (nSPS) is 11.4. The molecule has 0 aliphatic heterocycles. The average molecular weight is 376 g/mol. The third kappa shape index (κ3) is 5.86. The number of nitrogens with one attached hydrogen (secondary N) is 1. The summed E-state index contributed by atoms with van der Waals surface area (Å²) < 4.78 is 30.5. The van der Waals surface area contributed by atoms with Gasteiger partial charge in [0.25, 0.3) is 0 Å². The van der Waals surface area contributed by atoms with Gasteiger partial charge in [-0.1, -0.05) is 48.0 Å². The number of aryl methyl sites for hydroxylation is 1. The van der Waals surface area contributed by atoms with E-state index in [1.54, 1.807) is 7.11 Å². The lowest BCUT2D eigenvalue weighted by Crippen LogP contribution is -2.39. The summed E-state index contributed by atoms with van der Waals surface area (Å²) in [6.45, 7) is 2.13. The zero-order valence-electron chi connectivity index (χ0n) is 15.2. The number of benzene rings is 2. The zero-order chi connectivity index (χ0) is 19.2. The molecular formula is C19H24N2O4S. The van der Waals surface area contributed by atoms with Gasteiger partial charge in [-0.15, -0.1) is 0 Å². The number of hydrogen-bond acceptors (Lipinski definition) is 4. The molecule has 0 saturated heterocycles. The van der Waals surface area contributed by atoms with Gasteiger partial charge in [-0.2, -0.15) is 4.31 Å². The first kappa shape index (κ1) is 19.9. The summed E-state index contributed by atoms with van der Waals surface area (Å²) in [6, 6.07) is 14.9. The molecule has 2 aromatic carbocycles. The van der Waals surface area contributed by atoms with Crippen LogP contribution in [0.2, 0.25) is 0 Å². The Morgan fingerprint density at radius 1 is 1.15 bits per heavy atom. The van der Waals surface area contributed by atoms with Crippen LogP contribution in [0.25, 0.3) is 0 Å². The highest BCUT2D eigenvalue weighted by Crippen LogP contribution is 2.16. The van der Waals surface area contributed by atoms with E-state index in [2.05, 4.69) is 5.32 Å². The van der Waals surface area contributed by atoms with Crippen LogP contribution in [0.15, 0.2) is 48.5 Å². The summed E-state index contributed by atoms with van der Waals surface area (Å²) in [4.78, 5) is 12.3. The molecule has 0 atom stereocenters. The van der Waals surface area contributed by atoms with Gasteiger partial charge in [0.1, 0.15) is 5.75 Å². The van der Waals surface area contributed by atoms with Crippen LogP contribution in [-0.2, 0) is 27.9 Å². The molecule has 2 aromatic rings. The Morgan fingerprint density at radius 2 is 1.88 bits per heavy atom. The Hall–Kier alpha value is -2.38. The Bertz CT molecular complexity index is 865. The van der Waals surface area contributed by atoms with Gasteiger partial charge in [0.15, 0.2) is 0 Å². The monoisotopic (exact) mass is 376 g/mol. The van der Waals surface area contributed by atoms with Crippen molar-refractivity contribution >= 4 is 15.9 Å². The third-order valence-corrected chi connectivity index (χ3v) is 5.10. The summed E-state index contributed by atoms with van der Waals surface area (Å²) in [6.07, 6.45) is 1.11. The van der Waals surface area contributed by atoms with Gasteiger partial charge in [0, 0.05) is 18.7 Å². The van der Waals surface area contributed by atoms with Crippen LogP contribution >= 0.6 is 0 Å². The van der Waals surface area contributed by atoms with Crippen molar-refractivity contribution in [2.45, 2.75) is 20.0 Å². The van der Waals surface area contributed by atoms with Crippen LogP contribution in [0.4, 0.5) is 0 Å². The van der Waals surface area contributed by atoms with Crippen molar-refractivity contribution in [1.82, 2.24) is 9.62 Å². The number of methoxy groups -OCH3 is 1. The van der Waals surface area contributed by atoms with Gasteiger partial charge in [-0.05, 0) is 18.6 Å².